The van der Waals surface area contributed by atoms with Gasteiger partial charge in [-0.1, -0.05) is 18.2 Å². The van der Waals surface area contributed by atoms with Gasteiger partial charge in [0.05, 0.1) is 6.54 Å². The minimum absolute atomic E-state index is 0.0287. The summed E-state index contributed by atoms with van der Waals surface area (Å²) in [6.07, 6.45) is 4.52. The van der Waals surface area contributed by atoms with Gasteiger partial charge in [-0.25, -0.2) is 4.79 Å². The van der Waals surface area contributed by atoms with E-state index in [0.717, 1.165) is 31.5 Å². The predicted molar refractivity (Wildman–Crippen MR) is 93.9 cm³/mol. The lowest BCUT2D eigenvalue weighted by molar-refractivity contribution is -0.129. The van der Waals surface area contributed by atoms with Crippen LogP contribution in [0.3, 0.4) is 0 Å². The van der Waals surface area contributed by atoms with Gasteiger partial charge in [0, 0.05) is 38.4 Å². The van der Waals surface area contributed by atoms with Gasteiger partial charge in [0.2, 0.25) is 5.91 Å². The zero-order valence-corrected chi connectivity index (χ0v) is 14.3. The van der Waals surface area contributed by atoms with Crippen LogP contribution in [-0.2, 0) is 11.3 Å². The molecule has 6 nitrogen and oxygen atoms in total. The minimum Gasteiger partial charge on any atom is -0.371 e. The van der Waals surface area contributed by atoms with Crippen molar-refractivity contribution in [3.05, 3.63) is 29.8 Å². The van der Waals surface area contributed by atoms with Crippen LogP contribution in [0.15, 0.2) is 24.3 Å². The first-order valence-corrected chi connectivity index (χ1v) is 8.74. The molecular weight excluding hydrogens is 304 g/mol. The number of nitrogens with zero attached hydrogens (tertiary/aromatic N) is 2. The average molecular weight is 330 g/mol. The number of rotatable bonds is 6. The Morgan fingerprint density at radius 3 is 2.62 bits per heavy atom. The molecule has 0 aromatic heterocycles. The summed E-state index contributed by atoms with van der Waals surface area (Å²) in [5, 5.41) is 5.46. The summed E-state index contributed by atoms with van der Waals surface area (Å²) in [6, 6.07) is 8.30. The third-order valence-corrected chi connectivity index (χ3v) is 4.58. The van der Waals surface area contributed by atoms with Crippen LogP contribution in [0.25, 0.3) is 0 Å². The van der Waals surface area contributed by atoms with Gasteiger partial charge in [0.1, 0.15) is 0 Å². The molecule has 24 heavy (non-hydrogen) atoms. The highest BCUT2D eigenvalue weighted by molar-refractivity contribution is 5.84. The van der Waals surface area contributed by atoms with Crippen LogP contribution in [0.4, 0.5) is 10.5 Å². The van der Waals surface area contributed by atoms with Crippen molar-refractivity contribution in [2.45, 2.75) is 38.3 Å². The maximum absolute atomic E-state index is 12.3. The number of benzene rings is 1. The molecule has 1 aliphatic carbocycles. The SMILES string of the molecule is CN(Cc1ccccc1N1CCCC1)C(=O)CNC(=O)NC1CC1. The Morgan fingerprint density at radius 2 is 1.92 bits per heavy atom. The first-order valence-electron chi connectivity index (χ1n) is 8.74. The number of carbonyl (C=O) groups is 2. The Hall–Kier alpha value is -2.24. The van der Waals surface area contributed by atoms with Gasteiger partial charge in [-0.2, -0.15) is 0 Å². The Balaban J connectivity index is 1.52. The van der Waals surface area contributed by atoms with Crippen LogP contribution in [0.5, 0.6) is 0 Å². The molecule has 1 heterocycles. The van der Waals surface area contributed by atoms with E-state index in [9.17, 15) is 9.59 Å². The molecule has 1 saturated carbocycles. The smallest absolute Gasteiger partial charge is 0.315 e. The minimum atomic E-state index is -0.253. The molecule has 1 aromatic rings. The van der Waals surface area contributed by atoms with Crippen LogP contribution >= 0.6 is 0 Å². The third kappa shape index (κ3) is 4.40. The number of hydrogen-bond acceptors (Lipinski definition) is 3. The molecule has 2 fully saturated rings. The van der Waals surface area contributed by atoms with Crippen molar-refractivity contribution >= 4 is 17.6 Å². The summed E-state index contributed by atoms with van der Waals surface area (Å²) in [4.78, 5) is 27.9. The van der Waals surface area contributed by atoms with E-state index in [1.807, 2.05) is 12.1 Å². The summed E-state index contributed by atoms with van der Waals surface area (Å²) in [6.45, 7) is 2.74. The van der Waals surface area contributed by atoms with Gasteiger partial charge in [-0.15, -0.1) is 0 Å². The van der Waals surface area contributed by atoms with Crippen molar-refractivity contribution < 1.29 is 9.59 Å². The monoisotopic (exact) mass is 330 g/mol. The molecule has 3 amide bonds. The molecule has 6 heteroatoms. The number of urea groups is 1. The van der Waals surface area contributed by atoms with Gasteiger partial charge in [-0.3, -0.25) is 4.79 Å². The molecule has 1 aliphatic heterocycles. The number of amides is 3. The zero-order valence-electron chi connectivity index (χ0n) is 14.3. The van der Waals surface area contributed by atoms with Crippen molar-refractivity contribution in [3.8, 4) is 0 Å². The van der Waals surface area contributed by atoms with Crippen molar-refractivity contribution in [2.75, 3.05) is 31.6 Å². The number of nitrogens with one attached hydrogen (secondary N) is 2. The Labute approximate surface area is 143 Å². The largest absolute Gasteiger partial charge is 0.371 e. The van der Waals surface area contributed by atoms with E-state index in [0.29, 0.717) is 12.6 Å². The second kappa shape index (κ2) is 7.55. The predicted octanol–water partition coefficient (Wildman–Crippen LogP) is 1.71. The Bertz CT molecular complexity index is 594. The highest BCUT2D eigenvalue weighted by atomic mass is 16.2. The summed E-state index contributed by atoms with van der Waals surface area (Å²) in [5.41, 5.74) is 2.37. The van der Waals surface area contributed by atoms with Gasteiger partial charge in [0.15, 0.2) is 0 Å². The first-order chi connectivity index (χ1) is 11.6. The normalized spacial score (nSPS) is 16.8. The van der Waals surface area contributed by atoms with Crippen LogP contribution in [0.2, 0.25) is 0 Å². The number of para-hydroxylation sites is 1. The first kappa shape index (κ1) is 16.6. The Kier molecular flexibility index (Phi) is 5.23. The topological polar surface area (TPSA) is 64.7 Å². The van der Waals surface area contributed by atoms with Crippen LogP contribution in [-0.4, -0.2) is 49.6 Å². The quantitative estimate of drug-likeness (QED) is 0.834. The van der Waals surface area contributed by atoms with E-state index in [2.05, 4.69) is 27.7 Å². The Morgan fingerprint density at radius 1 is 1.21 bits per heavy atom. The molecule has 130 valence electrons. The zero-order chi connectivity index (χ0) is 16.9. The molecule has 2 aliphatic rings. The van der Waals surface area contributed by atoms with Crippen molar-refractivity contribution in [1.82, 2.24) is 15.5 Å². The highest BCUT2D eigenvalue weighted by Gasteiger charge is 2.23. The van der Waals surface area contributed by atoms with Crippen LogP contribution in [0, 0.1) is 0 Å². The van der Waals surface area contributed by atoms with E-state index >= 15 is 0 Å². The molecule has 0 radical (unpaired) electrons. The molecular formula is C18H26N4O2. The number of hydrogen-bond donors (Lipinski definition) is 2. The van der Waals surface area contributed by atoms with Gasteiger partial charge in [-0.05, 0) is 37.3 Å². The van der Waals surface area contributed by atoms with E-state index in [1.165, 1.54) is 18.5 Å². The summed E-state index contributed by atoms with van der Waals surface area (Å²) in [7, 11) is 1.78. The molecule has 0 unspecified atom stereocenters. The lowest BCUT2D eigenvalue weighted by Gasteiger charge is -2.24. The molecule has 2 N–H and O–H groups in total. The molecule has 3 rings (SSSR count). The number of likely N-dealkylation sites (N-methyl/N-ethyl adjacent to an activating group) is 1. The van der Waals surface area contributed by atoms with Gasteiger partial charge >= 0.3 is 6.03 Å². The lowest BCUT2D eigenvalue weighted by atomic mass is 10.1. The van der Waals surface area contributed by atoms with E-state index in [1.54, 1.807) is 11.9 Å². The molecule has 0 atom stereocenters. The molecule has 1 aromatic carbocycles. The second-order valence-electron chi connectivity index (χ2n) is 6.67. The number of carbonyl (C=O) groups excluding carboxylic acids is 2. The summed E-state index contributed by atoms with van der Waals surface area (Å²) >= 11 is 0. The fraction of sp³-hybridized carbons (Fsp3) is 0.556. The maximum atomic E-state index is 12.3. The van der Waals surface area contributed by atoms with Crippen LogP contribution in [0.1, 0.15) is 31.2 Å². The molecule has 0 spiro atoms. The van der Waals surface area contributed by atoms with E-state index in [4.69, 9.17) is 0 Å². The fourth-order valence-corrected chi connectivity index (χ4v) is 3.01. The third-order valence-electron chi connectivity index (χ3n) is 4.58. The second-order valence-corrected chi connectivity index (χ2v) is 6.67. The summed E-state index contributed by atoms with van der Waals surface area (Å²) < 4.78 is 0. The van der Waals surface area contributed by atoms with Gasteiger partial charge < -0.3 is 20.4 Å². The van der Waals surface area contributed by atoms with E-state index in [-0.39, 0.29) is 18.5 Å². The standard InChI is InChI=1S/C18H26N4O2/c1-21(17(23)12-19-18(24)20-15-8-9-15)13-14-6-2-3-7-16(14)22-10-4-5-11-22/h2-3,6-7,15H,4-5,8-13H2,1H3,(H2,19,20,24). The lowest BCUT2D eigenvalue weighted by Crippen LogP contribution is -2.43. The fourth-order valence-electron chi connectivity index (χ4n) is 3.01. The van der Waals surface area contributed by atoms with Crippen LogP contribution < -0.4 is 15.5 Å². The maximum Gasteiger partial charge on any atom is 0.315 e. The molecule has 0 bridgehead atoms. The summed E-state index contributed by atoms with van der Waals surface area (Å²) in [5.74, 6) is -0.0860. The number of anilines is 1. The molecule has 1 saturated heterocycles. The average Bonchev–Trinajstić information content (AvgIpc) is 3.22. The van der Waals surface area contributed by atoms with Crippen molar-refractivity contribution in [2.24, 2.45) is 0 Å². The highest BCUT2D eigenvalue weighted by Crippen LogP contribution is 2.25. The van der Waals surface area contributed by atoms with E-state index < -0.39 is 0 Å². The van der Waals surface area contributed by atoms with Gasteiger partial charge in [0.25, 0.3) is 0 Å². The van der Waals surface area contributed by atoms with Crippen molar-refractivity contribution in [1.29, 1.82) is 0 Å². The van der Waals surface area contributed by atoms with Crippen molar-refractivity contribution in [3.63, 3.8) is 0 Å².